The Morgan fingerprint density at radius 2 is 1.96 bits per heavy atom. The second-order valence-electron chi connectivity index (χ2n) is 6.07. The van der Waals surface area contributed by atoms with E-state index in [2.05, 4.69) is 5.32 Å². The molecule has 2 amide bonds. The van der Waals surface area contributed by atoms with Crippen LogP contribution in [0.3, 0.4) is 0 Å². The maximum absolute atomic E-state index is 12.5. The summed E-state index contributed by atoms with van der Waals surface area (Å²) in [4.78, 5) is 36.4. The van der Waals surface area contributed by atoms with Crippen LogP contribution in [0.15, 0.2) is 23.1 Å². The zero-order valence-corrected chi connectivity index (χ0v) is 16.5. The molecule has 1 fully saturated rings. The number of hydrogen-bond acceptors (Lipinski definition) is 7. The van der Waals surface area contributed by atoms with Crippen LogP contribution in [0.2, 0.25) is 0 Å². The summed E-state index contributed by atoms with van der Waals surface area (Å²) in [6, 6.07) is 4.01. The van der Waals surface area contributed by atoms with Gasteiger partial charge in [-0.2, -0.15) is 0 Å². The summed E-state index contributed by atoms with van der Waals surface area (Å²) in [6.07, 6.45) is 3.45. The van der Waals surface area contributed by atoms with E-state index in [1.807, 2.05) is 0 Å². The monoisotopic (exact) mass is 424 g/mol. The summed E-state index contributed by atoms with van der Waals surface area (Å²) in [5.41, 5.74) is 0.351. The molecule has 0 aliphatic carbocycles. The molecule has 0 saturated carbocycles. The number of rotatable bonds is 9. The van der Waals surface area contributed by atoms with E-state index in [1.54, 1.807) is 0 Å². The van der Waals surface area contributed by atoms with Gasteiger partial charge in [0.05, 0.1) is 4.91 Å². The van der Waals surface area contributed by atoms with Crippen molar-refractivity contribution in [3.8, 4) is 11.5 Å². The van der Waals surface area contributed by atoms with Crippen molar-refractivity contribution >= 4 is 52.2 Å². The molecule has 10 heteroatoms. The normalized spacial score (nSPS) is 15.3. The summed E-state index contributed by atoms with van der Waals surface area (Å²) >= 11 is 6.20. The molecule has 0 radical (unpaired) electrons. The van der Waals surface area contributed by atoms with E-state index in [-0.39, 0.29) is 39.6 Å². The smallest absolute Gasteiger partial charge is 0.303 e. The van der Waals surface area contributed by atoms with E-state index in [4.69, 9.17) is 17.3 Å². The van der Waals surface area contributed by atoms with Crippen LogP contribution in [0, 0.1) is 0 Å². The van der Waals surface area contributed by atoms with Crippen LogP contribution in [0.4, 0.5) is 0 Å². The van der Waals surface area contributed by atoms with E-state index in [0.29, 0.717) is 31.4 Å². The molecule has 0 spiro atoms. The zero-order chi connectivity index (χ0) is 20.7. The molecule has 28 heavy (non-hydrogen) atoms. The molecule has 1 aromatic rings. The number of nitrogens with zero attached hydrogens (tertiary/aromatic N) is 1. The number of phenols is 2. The van der Waals surface area contributed by atoms with Gasteiger partial charge in [-0.25, -0.2) is 0 Å². The fourth-order valence-corrected chi connectivity index (χ4v) is 3.68. The maximum Gasteiger partial charge on any atom is 0.303 e. The first-order valence-electron chi connectivity index (χ1n) is 8.54. The molecule has 2 rings (SSSR count). The summed E-state index contributed by atoms with van der Waals surface area (Å²) < 4.78 is 0.242. The van der Waals surface area contributed by atoms with Crippen molar-refractivity contribution in [3.63, 3.8) is 0 Å². The SMILES string of the molecule is O=C(O)CCCCCNC(=O)CN1C(=O)/C(=C/c2ccc(O)cc2O)SC1=S. The number of phenolic OH excluding ortho intramolecular Hbond substituents is 2. The Labute approximate surface area is 171 Å². The number of carboxylic acid groups (broad SMARTS) is 1. The Kier molecular flexibility index (Phi) is 7.82. The lowest BCUT2D eigenvalue weighted by Gasteiger charge is -2.14. The Balaban J connectivity index is 1.86. The van der Waals surface area contributed by atoms with Crippen molar-refractivity contribution in [2.24, 2.45) is 0 Å². The lowest BCUT2D eigenvalue weighted by molar-refractivity contribution is -0.137. The van der Waals surface area contributed by atoms with Gasteiger partial charge in [-0.15, -0.1) is 0 Å². The number of thiocarbonyl (C=S) groups is 1. The summed E-state index contributed by atoms with van der Waals surface area (Å²) in [7, 11) is 0. The lowest BCUT2D eigenvalue weighted by Crippen LogP contribution is -2.39. The first-order valence-corrected chi connectivity index (χ1v) is 9.76. The zero-order valence-electron chi connectivity index (χ0n) is 14.9. The van der Waals surface area contributed by atoms with Crippen molar-refractivity contribution in [1.82, 2.24) is 10.2 Å². The molecule has 150 valence electrons. The van der Waals surface area contributed by atoms with Crippen LogP contribution in [-0.2, 0) is 14.4 Å². The topological polar surface area (TPSA) is 127 Å². The number of hydrogen-bond donors (Lipinski definition) is 4. The van der Waals surface area contributed by atoms with Gasteiger partial charge in [0, 0.05) is 24.6 Å². The molecule has 1 saturated heterocycles. The summed E-state index contributed by atoms with van der Waals surface area (Å²) in [6.45, 7) is 0.184. The maximum atomic E-state index is 12.5. The third-order valence-corrected chi connectivity index (χ3v) is 5.24. The number of carbonyl (C=O) groups is 3. The fraction of sp³-hybridized carbons (Fsp3) is 0.333. The number of carbonyl (C=O) groups excluding carboxylic acids is 2. The number of carboxylic acids is 1. The third kappa shape index (κ3) is 6.24. The van der Waals surface area contributed by atoms with E-state index < -0.39 is 11.9 Å². The molecule has 0 bridgehead atoms. The molecular formula is C18H20N2O6S2. The Morgan fingerprint density at radius 1 is 1.21 bits per heavy atom. The number of aliphatic carboxylic acids is 1. The second kappa shape index (κ2) is 10.1. The highest BCUT2D eigenvalue weighted by molar-refractivity contribution is 8.26. The number of aromatic hydroxyl groups is 2. The van der Waals surface area contributed by atoms with Gasteiger partial charge in [-0.05, 0) is 31.1 Å². The van der Waals surface area contributed by atoms with Crippen LogP contribution >= 0.6 is 24.0 Å². The molecule has 0 atom stereocenters. The molecule has 0 aromatic heterocycles. The van der Waals surface area contributed by atoms with Crippen LogP contribution in [0.25, 0.3) is 6.08 Å². The van der Waals surface area contributed by atoms with Crippen molar-refractivity contribution in [2.45, 2.75) is 25.7 Å². The molecule has 1 aliphatic rings. The summed E-state index contributed by atoms with van der Waals surface area (Å²) in [5.74, 6) is -1.90. The molecule has 0 unspecified atom stereocenters. The second-order valence-corrected chi connectivity index (χ2v) is 7.74. The fourth-order valence-electron chi connectivity index (χ4n) is 2.44. The van der Waals surface area contributed by atoms with Crippen molar-refractivity contribution in [3.05, 3.63) is 28.7 Å². The van der Waals surface area contributed by atoms with Gasteiger partial charge in [0.1, 0.15) is 22.4 Å². The minimum atomic E-state index is -0.841. The highest BCUT2D eigenvalue weighted by Crippen LogP contribution is 2.34. The van der Waals surface area contributed by atoms with Crippen molar-refractivity contribution in [2.75, 3.05) is 13.1 Å². The van der Waals surface area contributed by atoms with Gasteiger partial charge in [0.25, 0.3) is 5.91 Å². The van der Waals surface area contributed by atoms with E-state index >= 15 is 0 Å². The van der Waals surface area contributed by atoms with Gasteiger partial charge in [-0.3, -0.25) is 19.3 Å². The molecule has 8 nitrogen and oxygen atoms in total. The molecule has 1 heterocycles. The van der Waals surface area contributed by atoms with E-state index in [0.717, 1.165) is 17.8 Å². The average Bonchev–Trinajstić information content (AvgIpc) is 2.87. The minimum absolute atomic E-state index is 0.0955. The van der Waals surface area contributed by atoms with Crippen molar-refractivity contribution in [1.29, 1.82) is 0 Å². The van der Waals surface area contributed by atoms with Gasteiger partial charge in [0.15, 0.2) is 0 Å². The van der Waals surface area contributed by atoms with Crippen LogP contribution in [0.5, 0.6) is 11.5 Å². The standard InChI is InChI=1S/C18H20N2O6S2/c21-12-6-5-11(13(22)9-12)8-14-17(26)20(18(27)28-14)10-15(23)19-7-3-1-2-4-16(24)25/h5-6,8-9,21-22H,1-4,7,10H2,(H,19,23)(H,24,25)/b14-8-. The first-order chi connectivity index (χ1) is 13.3. The first kappa shape index (κ1) is 21.7. The third-order valence-electron chi connectivity index (χ3n) is 3.87. The van der Waals surface area contributed by atoms with Crippen LogP contribution in [0.1, 0.15) is 31.2 Å². The largest absolute Gasteiger partial charge is 0.508 e. The molecular weight excluding hydrogens is 404 g/mol. The predicted molar refractivity (Wildman–Crippen MR) is 109 cm³/mol. The van der Waals surface area contributed by atoms with Crippen LogP contribution < -0.4 is 5.32 Å². The van der Waals surface area contributed by atoms with Gasteiger partial charge >= 0.3 is 5.97 Å². The molecule has 1 aromatic carbocycles. The highest BCUT2D eigenvalue weighted by Gasteiger charge is 2.33. The number of thioether (sulfide) groups is 1. The van der Waals surface area contributed by atoms with E-state index in [9.17, 15) is 24.6 Å². The number of amides is 2. The van der Waals surface area contributed by atoms with Gasteiger partial charge in [0.2, 0.25) is 5.91 Å². The number of unbranched alkanes of at least 4 members (excludes halogenated alkanes) is 2. The molecule has 1 aliphatic heterocycles. The Hall–Kier alpha value is -2.59. The molecule has 4 N–H and O–H groups in total. The van der Waals surface area contributed by atoms with E-state index in [1.165, 1.54) is 23.1 Å². The predicted octanol–water partition coefficient (Wildman–Crippen LogP) is 2.06. The van der Waals surface area contributed by atoms with Gasteiger partial charge < -0.3 is 20.6 Å². The Bertz CT molecular complexity index is 824. The Morgan fingerprint density at radius 3 is 2.64 bits per heavy atom. The van der Waals surface area contributed by atoms with Gasteiger partial charge in [-0.1, -0.05) is 30.4 Å². The lowest BCUT2D eigenvalue weighted by atomic mass is 10.1. The van der Waals surface area contributed by atoms with Crippen LogP contribution in [-0.4, -0.2) is 55.4 Å². The number of nitrogens with one attached hydrogen (secondary N) is 1. The average molecular weight is 425 g/mol. The quantitative estimate of drug-likeness (QED) is 0.270. The summed E-state index contributed by atoms with van der Waals surface area (Å²) in [5, 5.41) is 30.4. The highest BCUT2D eigenvalue weighted by atomic mass is 32.2. The minimum Gasteiger partial charge on any atom is -0.508 e. The number of benzene rings is 1. The van der Waals surface area contributed by atoms with Crippen molar-refractivity contribution < 1.29 is 29.7 Å².